The second-order valence-electron chi connectivity index (χ2n) is 7.73. The lowest BCUT2D eigenvalue weighted by molar-refractivity contribution is 0.0697. The van der Waals surface area contributed by atoms with Crippen LogP contribution in [0.4, 0.5) is 10.8 Å². The Bertz CT molecular complexity index is 1190. The standard InChI is InChI=1S/C20H21Cl2N5O3S/c1-9-14(21)15(22)17(23-9)18(28)25-20-24-16-12(27-5-4-11(8-27)26(2)3)6-10(19(29)30)7-13(16)31-20/h6-7,11,23H,4-5,8H2,1-3H3,(H,29,30)(H,24,25,28)/t11-/m0/s1. The molecule has 3 heterocycles. The van der Waals surface area contributed by atoms with Gasteiger partial charge in [-0.05, 0) is 39.6 Å². The van der Waals surface area contributed by atoms with Crippen LogP contribution in [0, 0.1) is 6.92 Å². The lowest BCUT2D eigenvalue weighted by atomic mass is 10.1. The third-order valence-corrected chi connectivity index (χ3v) is 7.32. The minimum absolute atomic E-state index is 0.151. The highest BCUT2D eigenvalue weighted by molar-refractivity contribution is 7.22. The van der Waals surface area contributed by atoms with Crippen LogP contribution in [0.25, 0.3) is 10.2 Å². The quantitative estimate of drug-likeness (QED) is 0.501. The maximum atomic E-state index is 12.7. The zero-order valence-electron chi connectivity index (χ0n) is 17.1. The van der Waals surface area contributed by atoms with Gasteiger partial charge in [-0.1, -0.05) is 34.5 Å². The molecule has 1 aliphatic heterocycles. The number of hydrogen-bond donors (Lipinski definition) is 3. The van der Waals surface area contributed by atoms with Crippen molar-refractivity contribution >= 4 is 67.5 Å². The van der Waals surface area contributed by atoms with E-state index < -0.39 is 11.9 Å². The molecule has 164 valence electrons. The maximum absolute atomic E-state index is 12.7. The van der Waals surface area contributed by atoms with Gasteiger partial charge in [0.15, 0.2) is 5.13 Å². The number of thiazole rings is 1. The van der Waals surface area contributed by atoms with Crippen molar-refractivity contribution in [2.24, 2.45) is 0 Å². The topological polar surface area (TPSA) is 102 Å². The number of carboxylic acid groups (broad SMARTS) is 1. The number of nitrogens with one attached hydrogen (secondary N) is 2. The molecular formula is C20H21Cl2N5O3S. The Balaban J connectivity index is 1.70. The van der Waals surface area contributed by atoms with Crippen LogP contribution in [-0.2, 0) is 0 Å². The van der Waals surface area contributed by atoms with Crippen molar-refractivity contribution < 1.29 is 14.7 Å². The van der Waals surface area contributed by atoms with Gasteiger partial charge in [0.1, 0.15) is 11.2 Å². The van der Waals surface area contributed by atoms with Crippen molar-refractivity contribution in [3.8, 4) is 0 Å². The van der Waals surface area contributed by atoms with Crippen LogP contribution in [0.15, 0.2) is 12.1 Å². The van der Waals surface area contributed by atoms with Crippen molar-refractivity contribution in [1.29, 1.82) is 0 Å². The first kappa shape index (κ1) is 21.9. The third kappa shape index (κ3) is 4.10. The molecule has 1 amide bonds. The summed E-state index contributed by atoms with van der Waals surface area (Å²) < 4.78 is 0.685. The summed E-state index contributed by atoms with van der Waals surface area (Å²) in [5.74, 6) is -1.47. The number of benzene rings is 1. The number of nitrogens with zero attached hydrogens (tertiary/aromatic N) is 3. The molecule has 4 rings (SSSR count). The monoisotopic (exact) mass is 481 g/mol. The molecule has 2 aromatic heterocycles. The third-order valence-electron chi connectivity index (χ3n) is 5.46. The Morgan fingerprint density at radius 3 is 2.65 bits per heavy atom. The van der Waals surface area contributed by atoms with Crippen molar-refractivity contribution in [3.63, 3.8) is 0 Å². The van der Waals surface area contributed by atoms with Crippen LogP contribution in [0.2, 0.25) is 10.0 Å². The number of likely N-dealkylation sites (N-methyl/N-ethyl adjacent to an activating group) is 1. The highest BCUT2D eigenvalue weighted by Crippen LogP contribution is 2.37. The molecule has 0 bridgehead atoms. The fourth-order valence-corrected chi connectivity index (χ4v) is 5.04. The summed E-state index contributed by atoms with van der Waals surface area (Å²) in [5.41, 5.74) is 2.36. The number of halogens is 2. The van der Waals surface area contributed by atoms with Crippen LogP contribution >= 0.6 is 34.5 Å². The van der Waals surface area contributed by atoms with Gasteiger partial charge >= 0.3 is 5.97 Å². The molecule has 1 aliphatic rings. The minimum Gasteiger partial charge on any atom is -0.478 e. The van der Waals surface area contributed by atoms with Crippen molar-refractivity contribution in [2.45, 2.75) is 19.4 Å². The van der Waals surface area contributed by atoms with E-state index in [1.807, 2.05) is 14.1 Å². The zero-order valence-corrected chi connectivity index (χ0v) is 19.5. The SMILES string of the molecule is Cc1[nH]c(C(=O)Nc2nc3c(N4CC[C@H](N(C)C)C4)cc(C(=O)O)cc3s2)c(Cl)c1Cl. The molecule has 0 unspecified atom stereocenters. The molecule has 1 aromatic carbocycles. The number of hydrogen-bond acceptors (Lipinski definition) is 6. The van der Waals surface area contributed by atoms with E-state index in [0.717, 1.165) is 25.2 Å². The zero-order chi connectivity index (χ0) is 22.4. The van der Waals surface area contributed by atoms with Crippen LogP contribution in [0.5, 0.6) is 0 Å². The first-order valence-electron chi connectivity index (χ1n) is 9.60. The van der Waals surface area contributed by atoms with Gasteiger partial charge in [0, 0.05) is 24.8 Å². The van der Waals surface area contributed by atoms with E-state index in [9.17, 15) is 14.7 Å². The highest BCUT2D eigenvalue weighted by atomic mass is 35.5. The Hall–Kier alpha value is -2.33. The number of aromatic carboxylic acids is 1. The highest BCUT2D eigenvalue weighted by Gasteiger charge is 2.27. The van der Waals surface area contributed by atoms with Gasteiger partial charge in [0.05, 0.1) is 26.0 Å². The number of H-pyrrole nitrogens is 1. The Morgan fingerprint density at radius 1 is 1.32 bits per heavy atom. The molecule has 0 aliphatic carbocycles. The molecule has 31 heavy (non-hydrogen) atoms. The lowest BCUT2D eigenvalue weighted by Crippen LogP contribution is -2.31. The van der Waals surface area contributed by atoms with Crippen molar-refractivity contribution in [1.82, 2.24) is 14.9 Å². The average Bonchev–Trinajstić information content (AvgIpc) is 3.41. The molecule has 0 radical (unpaired) electrons. The van der Waals surface area contributed by atoms with Crippen molar-refractivity contribution in [2.75, 3.05) is 37.4 Å². The first-order valence-corrected chi connectivity index (χ1v) is 11.2. The van der Waals surface area contributed by atoms with E-state index in [4.69, 9.17) is 23.2 Å². The molecule has 11 heteroatoms. The average molecular weight is 482 g/mol. The largest absolute Gasteiger partial charge is 0.478 e. The molecule has 1 saturated heterocycles. The molecule has 0 saturated carbocycles. The number of carboxylic acids is 1. The summed E-state index contributed by atoms with van der Waals surface area (Å²) in [7, 11) is 4.07. The Kier molecular flexibility index (Phi) is 5.87. The second kappa shape index (κ2) is 8.31. The molecule has 3 aromatic rings. The normalized spacial score (nSPS) is 16.5. The van der Waals surface area contributed by atoms with E-state index >= 15 is 0 Å². The Morgan fingerprint density at radius 2 is 2.06 bits per heavy atom. The van der Waals surface area contributed by atoms with Crippen LogP contribution < -0.4 is 10.2 Å². The van der Waals surface area contributed by atoms with Crippen LogP contribution in [0.3, 0.4) is 0 Å². The molecule has 1 fully saturated rings. The minimum atomic E-state index is -1.01. The van der Waals surface area contributed by atoms with Gasteiger partial charge in [-0.2, -0.15) is 0 Å². The van der Waals surface area contributed by atoms with E-state index in [2.05, 4.69) is 25.1 Å². The molecular weight excluding hydrogens is 461 g/mol. The number of carbonyl (C=O) groups is 2. The number of aromatic amines is 1. The lowest BCUT2D eigenvalue weighted by Gasteiger charge is -2.22. The van der Waals surface area contributed by atoms with E-state index in [1.165, 1.54) is 11.3 Å². The Labute approximate surface area is 192 Å². The predicted molar refractivity (Wildman–Crippen MR) is 124 cm³/mol. The fourth-order valence-electron chi connectivity index (χ4n) is 3.70. The maximum Gasteiger partial charge on any atom is 0.335 e. The number of fused-ring (bicyclic) bond motifs is 1. The van der Waals surface area contributed by atoms with Gasteiger partial charge in [-0.3, -0.25) is 10.1 Å². The summed E-state index contributed by atoms with van der Waals surface area (Å²) >= 11 is 13.4. The second-order valence-corrected chi connectivity index (χ2v) is 9.51. The number of aryl methyl sites for hydroxylation is 1. The number of anilines is 2. The number of rotatable bonds is 5. The molecule has 3 N–H and O–H groups in total. The molecule has 1 atom stereocenters. The van der Waals surface area contributed by atoms with Gasteiger partial charge in [0.2, 0.25) is 0 Å². The van der Waals surface area contributed by atoms with Crippen LogP contribution in [-0.4, -0.2) is 65.1 Å². The van der Waals surface area contributed by atoms with Gasteiger partial charge in [-0.15, -0.1) is 0 Å². The smallest absolute Gasteiger partial charge is 0.335 e. The molecule has 8 nitrogen and oxygen atoms in total. The number of aromatic nitrogens is 2. The van der Waals surface area contributed by atoms with Crippen molar-refractivity contribution in [3.05, 3.63) is 39.1 Å². The molecule has 0 spiro atoms. The van der Waals surface area contributed by atoms with E-state index in [1.54, 1.807) is 19.1 Å². The fraction of sp³-hybridized carbons (Fsp3) is 0.350. The summed E-state index contributed by atoms with van der Waals surface area (Å²) in [6, 6.07) is 3.61. The van der Waals surface area contributed by atoms with Gasteiger partial charge in [-0.25, -0.2) is 9.78 Å². The summed E-state index contributed by atoms with van der Waals surface area (Å²) in [4.78, 5) is 36.2. The predicted octanol–water partition coefficient (Wildman–Crippen LogP) is 4.33. The summed E-state index contributed by atoms with van der Waals surface area (Å²) in [6.07, 6.45) is 0.977. The van der Waals surface area contributed by atoms with Gasteiger partial charge in [0.25, 0.3) is 5.91 Å². The van der Waals surface area contributed by atoms with Gasteiger partial charge < -0.3 is 19.9 Å². The number of carbonyl (C=O) groups excluding carboxylic acids is 1. The number of amides is 1. The summed E-state index contributed by atoms with van der Waals surface area (Å²) in [5, 5.41) is 13.1. The summed E-state index contributed by atoms with van der Waals surface area (Å²) in [6.45, 7) is 3.30. The van der Waals surface area contributed by atoms with E-state index in [-0.39, 0.29) is 16.3 Å². The van der Waals surface area contributed by atoms with Crippen LogP contribution in [0.1, 0.15) is 33.0 Å². The van der Waals surface area contributed by atoms with E-state index in [0.29, 0.717) is 32.1 Å². The first-order chi connectivity index (χ1) is 14.7.